The SMILES string of the molecule is CCNc1nc(NCC)nc(NN=Cc2cc(OC)cc(OC)c2)n1. The van der Waals surface area contributed by atoms with E-state index in [1.54, 1.807) is 26.5 Å². The molecule has 0 fully saturated rings. The van der Waals surface area contributed by atoms with Crippen LogP contribution in [0.1, 0.15) is 19.4 Å². The summed E-state index contributed by atoms with van der Waals surface area (Å²) in [5, 5.41) is 10.3. The van der Waals surface area contributed by atoms with Gasteiger partial charge in [-0.05, 0) is 26.0 Å². The van der Waals surface area contributed by atoms with E-state index in [2.05, 4.69) is 36.1 Å². The maximum atomic E-state index is 5.24. The zero-order valence-corrected chi connectivity index (χ0v) is 14.8. The Labute approximate surface area is 146 Å². The molecule has 2 rings (SSSR count). The molecule has 0 aliphatic carbocycles. The van der Waals surface area contributed by atoms with Gasteiger partial charge < -0.3 is 20.1 Å². The van der Waals surface area contributed by atoms with Gasteiger partial charge in [0.15, 0.2) is 0 Å². The number of hydrogen-bond donors (Lipinski definition) is 3. The third-order valence-corrected chi connectivity index (χ3v) is 3.06. The number of nitrogens with one attached hydrogen (secondary N) is 3. The Kier molecular flexibility index (Phi) is 6.76. The number of hydrazone groups is 1. The summed E-state index contributed by atoms with van der Waals surface area (Å²) in [7, 11) is 3.20. The summed E-state index contributed by atoms with van der Waals surface area (Å²) in [6, 6.07) is 5.48. The molecule has 0 unspecified atom stereocenters. The topological polar surface area (TPSA) is 106 Å². The van der Waals surface area contributed by atoms with Gasteiger partial charge in [0.1, 0.15) is 11.5 Å². The van der Waals surface area contributed by atoms with Crippen molar-refractivity contribution < 1.29 is 9.47 Å². The summed E-state index contributed by atoms with van der Waals surface area (Å²) >= 11 is 0. The highest BCUT2D eigenvalue weighted by Crippen LogP contribution is 2.21. The number of methoxy groups -OCH3 is 2. The van der Waals surface area contributed by atoms with E-state index >= 15 is 0 Å². The van der Waals surface area contributed by atoms with Crippen molar-refractivity contribution >= 4 is 24.1 Å². The van der Waals surface area contributed by atoms with Crippen LogP contribution < -0.4 is 25.5 Å². The zero-order chi connectivity index (χ0) is 18.1. The molecule has 0 saturated carbocycles. The van der Waals surface area contributed by atoms with Crippen molar-refractivity contribution in [3.8, 4) is 11.5 Å². The number of aromatic nitrogens is 3. The summed E-state index contributed by atoms with van der Waals surface area (Å²) in [5.74, 6) is 2.67. The number of anilines is 3. The van der Waals surface area contributed by atoms with E-state index in [0.29, 0.717) is 42.4 Å². The molecule has 25 heavy (non-hydrogen) atoms. The van der Waals surface area contributed by atoms with Crippen LogP contribution >= 0.6 is 0 Å². The molecule has 0 amide bonds. The summed E-state index contributed by atoms with van der Waals surface area (Å²) in [6.07, 6.45) is 1.63. The van der Waals surface area contributed by atoms with E-state index in [1.807, 2.05) is 26.0 Å². The lowest BCUT2D eigenvalue weighted by atomic mass is 10.2. The maximum absolute atomic E-state index is 5.24. The van der Waals surface area contributed by atoms with E-state index in [-0.39, 0.29) is 0 Å². The van der Waals surface area contributed by atoms with Crippen LogP contribution in [0.3, 0.4) is 0 Å². The van der Waals surface area contributed by atoms with Gasteiger partial charge in [0.25, 0.3) is 0 Å². The third-order valence-electron chi connectivity index (χ3n) is 3.06. The average Bonchev–Trinajstić information content (AvgIpc) is 2.62. The van der Waals surface area contributed by atoms with Crippen LogP contribution in [0, 0.1) is 0 Å². The molecular weight excluding hydrogens is 322 g/mol. The van der Waals surface area contributed by atoms with Crippen molar-refractivity contribution in [2.75, 3.05) is 43.4 Å². The summed E-state index contributed by atoms with van der Waals surface area (Å²) in [5.41, 5.74) is 3.63. The zero-order valence-electron chi connectivity index (χ0n) is 14.8. The minimum atomic E-state index is 0.341. The van der Waals surface area contributed by atoms with Gasteiger partial charge in [0.05, 0.1) is 20.4 Å². The first-order valence-electron chi connectivity index (χ1n) is 7.94. The minimum Gasteiger partial charge on any atom is -0.497 e. The highest BCUT2D eigenvalue weighted by atomic mass is 16.5. The van der Waals surface area contributed by atoms with Crippen molar-refractivity contribution in [2.24, 2.45) is 5.10 Å². The first-order chi connectivity index (χ1) is 12.2. The fraction of sp³-hybridized carbons (Fsp3) is 0.375. The van der Waals surface area contributed by atoms with Gasteiger partial charge >= 0.3 is 0 Å². The molecule has 2 aromatic rings. The minimum absolute atomic E-state index is 0.341. The Morgan fingerprint density at radius 1 is 0.880 bits per heavy atom. The summed E-state index contributed by atoms with van der Waals surface area (Å²) < 4.78 is 10.5. The molecule has 9 nitrogen and oxygen atoms in total. The van der Waals surface area contributed by atoms with Crippen molar-refractivity contribution in [1.29, 1.82) is 0 Å². The van der Waals surface area contributed by atoms with Crippen molar-refractivity contribution in [3.05, 3.63) is 23.8 Å². The lowest BCUT2D eigenvalue weighted by molar-refractivity contribution is 0.394. The Bertz CT molecular complexity index is 675. The van der Waals surface area contributed by atoms with E-state index in [0.717, 1.165) is 5.56 Å². The Morgan fingerprint density at radius 3 is 1.88 bits per heavy atom. The molecule has 0 bridgehead atoms. The van der Waals surface area contributed by atoms with Crippen LogP contribution in [0.2, 0.25) is 0 Å². The second-order valence-electron chi connectivity index (χ2n) is 4.88. The number of benzene rings is 1. The van der Waals surface area contributed by atoms with Crippen LogP contribution in [0.4, 0.5) is 17.8 Å². The van der Waals surface area contributed by atoms with E-state index < -0.39 is 0 Å². The largest absolute Gasteiger partial charge is 0.497 e. The van der Waals surface area contributed by atoms with Crippen molar-refractivity contribution in [2.45, 2.75) is 13.8 Å². The Hall–Kier alpha value is -3.10. The normalized spacial score (nSPS) is 10.6. The number of rotatable bonds is 9. The van der Waals surface area contributed by atoms with Gasteiger partial charge in [0, 0.05) is 24.7 Å². The van der Waals surface area contributed by atoms with Gasteiger partial charge in [-0.3, -0.25) is 0 Å². The van der Waals surface area contributed by atoms with Crippen LogP contribution in [0.15, 0.2) is 23.3 Å². The maximum Gasteiger partial charge on any atom is 0.250 e. The molecule has 1 aromatic heterocycles. The first kappa shape index (κ1) is 18.2. The van der Waals surface area contributed by atoms with E-state index in [9.17, 15) is 0 Å². The van der Waals surface area contributed by atoms with Gasteiger partial charge in [-0.25, -0.2) is 5.43 Å². The molecule has 134 valence electrons. The number of ether oxygens (including phenoxy) is 2. The molecule has 0 atom stereocenters. The number of hydrogen-bond acceptors (Lipinski definition) is 9. The molecule has 3 N–H and O–H groups in total. The van der Waals surface area contributed by atoms with E-state index in [4.69, 9.17) is 9.47 Å². The number of nitrogens with zero attached hydrogens (tertiary/aromatic N) is 4. The van der Waals surface area contributed by atoms with Crippen molar-refractivity contribution in [3.63, 3.8) is 0 Å². The predicted octanol–water partition coefficient (Wildman–Crippen LogP) is 2.20. The quantitative estimate of drug-likeness (QED) is 0.469. The molecule has 0 aliphatic rings. The molecule has 9 heteroatoms. The van der Waals surface area contributed by atoms with Crippen LogP contribution in [0.5, 0.6) is 11.5 Å². The molecule has 0 saturated heterocycles. The molecule has 0 aliphatic heterocycles. The standard InChI is InChI=1S/C16H23N7O2/c1-5-17-14-20-15(18-6-2)22-16(21-14)23-19-10-11-7-12(24-3)9-13(8-11)25-4/h7-10H,5-6H2,1-4H3,(H3,17,18,20,21,22,23). The fourth-order valence-corrected chi connectivity index (χ4v) is 1.97. The van der Waals surface area contributed by atoms with Crippen LogP contribution in [0.25, 0.3) is 0 Å². The smallest absolute Gasteiger partial charge is 0.250 e. The Morgan fingerprint density at radius 2 is 1.40 bits per heavy atom. The van der Waals surface area contributed by atoms with Crippen LogP contribution in [-0.4, -0.2) is 48.5 Å². The van der Waals surface area contributed by atoms with Gasteiger partial charge in [-0.2, -0.15) is 20.1 Å². The van der Waals surface area contributed by atoms with Crippen molar-refractivity contribution in [1.82, 2.24) is 15.0 Å². The molecule has 1 aromatic carbocycles. The van der Waals surface area contributed by atoms with E-state index in [1.165, 1.54) is 0 Å². The highest BCUT2D eigenvalue weighted by Gasteiger charge is 2.05. The van der Waals surface area contributed by atoms with Crippen LogP contribution in [-0.2, 0) is 0 Å². The Balaban J connectivity index is 2.15. The predicted molar refractivity (Wildman–Crippen MR) is 98.9 cm³/mol. The summed E-state index contributed by atoms with van der Waals surface area (Å²) in [6.45, 7) is 5.36. The third kappa shape index (κ3) is 5.48. The first-order valence-corrected chi connectivity index (χ1v) is 7.94. The van der Waals surface area contributed by atoms with Gasteiger partial charge in [-0.1, -0.05) is 0 Å². The fourth-order valence-electron chi connectivity index (χ4n) is 1.97. The molecular formula is C16H23N7O2. The van der Waals surface area contributed by atoms with Gasteiger partial charge in [0.2, 0.25) is 17.8 Å². The lowest BCUT2D eigenvalue weighted by Crippen LogP contribution is -2.10. The van der Waals surface area contributed by atoms with Gasteiger partial charge in [-0.15, -0.1) is 0 Å². The average molecular weight is 345 g/mol. The molecule has 0 radical (unpaired) electrons. The monoisotopic (exact) mass is 345 g/mol. The second-order valence-corrected chi connectivity index (χ2v) is 4.88. The molecule has 1 heterocycles. The highest BCUT2D eigenvalue weighted by molar-refractivity contribution is 5.81. The lowest BCUT2D eigenvalue weighted by Gasteiger charge is -2.08. The summed E-state index contributed by atoms with van der Waals surface area (Å²) in [4.78, 5) is 12.8. The molecule has 0 spiro atoms. The second kappa shape index (κ2) is 9.26.